The number of carbonyl (C=O) groups is 1. The summed E-state index contributed by atoms with van der Waals surface area (Å²) in [4.78, 5) is 14.6. The Morgan fingerprint density at radius 1 is 1.62 bits per heavy atom. The van der Waals surface area contributed by atoms with Crippen LogP contribution in [0.25, 0.3) is 0 Å². The van der Waals surface area contributed by atoms with Crippen LogP contribution in [0.15, 0.2) is 12.3 Å². The van der Waals surface area contributed by atoms with E-state index in [0.717, 1.165) is 18.4 Å². The van der Waals surface area contributed by atoms with Crippen LogP contribution in [-0.4, -0.2) is 16.1 Å². The normalized spacial score (nSPS) is 15.8. The lowest BCUT2D eigenvalue weighted by molar-refractivity contribution is 0.0689. The SMILES string of the molecule is O=C(O)c1ncc(Cl)cc1C1CC1. The highest BCUT2D eigenvalue weighted by Gasteiger charge is 2.29. The van der Waals surface area contributed by atoms with Gasteiger partial charge in [-0.3, -0.25) is 0 Å². The van der Waals surface area contributed by atoms with E-state index in [0.29, 0.717) is 10.9 Å². The number of carboxylic acid groups (broad SMARTS) is 1. The third-order valence-corrected chi connectivity index (χ3v) is 2.31. The van der Waals surface area contributed by atoms with E-state index in [1.807, 2.05) is 0 Å². The van der Waals surface area contributed by atoms with Gasteiger partial charge in [0, 0.05) is 6.20 Å². The molecule has 3 nitrogen and oxygen atoms in total. The van der Waals surface area contributed by atoms with Gasteiger partial charge in [-0.15, -0.1) is 0 Å². The third kappa shape index (κ3) is 1.65. The van der Waals surface area contributed by atoms with Crippen LogP contribution in [0.5, 0.6) is 0 Å². The van der Waals surface area contributed by atoms with Crippen LogP contribution in [0.2, 0.25) is 5.02 Å². The molecule has 1 aliphatic rings. The zero-order valence-corrected chi connectivity index (χ0v) is 7.58. The Kier molecular flexibility index (Phi) is 1.96. The predicted octanol–water partition coefficient (Wildman–Crippen LogP) is 2.31. The highest BCUT2D eigenvalue weighted by molar-refractivity contribution is 6.30. The quantitative estimate of drug-likeness (QED) is 0.792. The Bertz CT molecular complexity index is 361. The van der Waals surface area contributed by atoms with Crippen molar-refractivity contribution in [1.29, 1.82) is 0 Å². The zero-order valence-electron chi connectivity index (χ0n) is 6.83. The largest absolute Gasteiger partial charge is 0.477 e. The summed E-state index contributed by atoms with van der Waals surface area (Å²) in [5, 5.41) is 9.33. The van der Waals surface area contributed by atoms with E-state index in [1.54, 1.807) is 6.07 Å². The lowest BCUT2D eigenvalue weighted by Crippen LogP contribution is -2.04. The highest BCUT2D eigenvalue weighted by atomic mass is 35.5. The van der Waals surface area contributed by atoms with Crippen molar-refractivity contribution < 1.29 is 9.90 Å². The van der Waals surface area contributed by atoms with Gasteiger partial charge in [-0.05, 0) is 30.4 Å². The smallest absolute Gasteiger partial charge is 0.354 e. The lowest BCUT2D eigenvalue weighted by Gasteiger charge is -2.02. The average Bonchev–Trinajstić information content (AvgIpc) is 2.85. The number of halogens is 1. The molecule has 1 heterocycles. The third-order valence-electron chi connectivity index (χ3n) is 2.10. The predicted molar refractivity (Wildman–Crippen MR) is 48.2 cm³/mol. The first-order valence-electron chi connectivity index (χ1n) is 4.07. The molecule has 1 aromatic rings. The summed E-state index contributed by atoms with van der Waals surface area (Å²) in [6.45, 7) is 0. The number of aromatic nitrogens is 1. The minimum absolute atomic E-state index is 0.145. The summed E-state index contributed by atoms with van der Waals surface area (Å²) in [6, 6.07) is 1.70. The molecule has 1 aromatic heterocycles. The fraction of sp³-hybridized carbons (Fsp3) is 0.333. The molecule has 1 saturated carbocycles. The Balaban J connectivity index is 2.47. The molecule has 13 heavy (non-hydrogen) atoms. The molecule has 1 aliphatic carbocycles. The minimum atomic E-state index is -0.974. The van der Waals surface area contributed by atoms with E-state index in [4.69, 9.17) is 16.7 Å². The van der Waals surface area contributed by atoms with Crippen molar-refractivity contribution in [3.63, 3.8) is 0 Å². The second-order valence-corrected chi connectivity index (χ2v) is 3.61. The van der Waals surface area contributed by atoms with Crippen LogP contribution in [0.1, 0.15) is 34.8 Å². The van der Waals surface area contributed by atoms with E-state index in [9.17, 15) is 4.79 Å². The van der Waals surface area contributed by atoms with Crippen molar-refractivity contribution in [2.24, 2.45) is 0 Å². The summed E-state index contributed by atoms with van der Waals surface area (Å²) in [5.41, 5.74) is 0.923. The Hall–Kier alpha value is -1.09. The van der Waals surface area contributed by atoms with E-state index in [-0.39, 0.29) is 5.69 Å². The summed E-state index contributed by atoms with van der Waals surface area (Å²) in [5.74, 6) is -0.615. The van der Waals surface area contributed by atoms with Gasteiger partial charge < -0.3 is 5.11 Å². The molecule has 0 spiro atoms. The van der Waals surface area contributed by atoms with Gasteiger partial charge in [0.05, 0.1) is 5.02 Å². The first-order valence-corrected chi connectivity index (χ1v) is 4.45. The molecule has 1 fully saturated rings. The fourth-order valence-corrected chi connectivity index (χ4v) is 1.51. The maximum absolute atomic E-state index is 10.8. The van der Waals surface area contributed by atoms with E-state index in [2.05, 4.69) is 4.98 Å². The monoisotopic (exact) mass is 197 g/mol. The fourth-order valence-electron chi connectivity index (χ4n) is 1.34. The van der Waals surface area contributed by atoms with Gasteiger partial charge >= 0.3 is 5.97 Å². The number of pyridine rings is 1. The van der Waals surface area contributed by atoms with Crippen molar-refractivity contribution in [2.75, 3.05) is 0 Å². The first-order chi connectivity index (χ1) is 6.18. The molecule has 4 heteroatoms. The minimum Gasteiger partial charge on any atom is -0.477 e. The lowest BCUT2D eigenvalue weighted by atomic mass is 10.1. The topological polar surface area (TPSA) is 50.2 Å². The van der Waals surface area contributed by atoms with Crippen molar-refractivity contribution in [2.45, 2.75) is 18.8 Å². The number of hydrogen-bond donors (Lipinski definition) is 1. The molecular weight excluding hydrogens is 190 g/mol. The summed E-state index contributed by atoms with van der Waals surface area (Å²) < 4.78 is 0. The van der Waals surface area contributed by atoms with Crippen LogP contribution >= 0.6 is 11.6 Å². The Morgan fingerprint density at radius 3 is 2.85 bits per heavy atom. The molecular formula is C9H8ClNO2. The number of hydrogen-bond acceptors (Lipinski definition) is 2. The van der Waals surface area contributed by atoms with Crippen LogP contribution in [0.4, 0.5) is 0 Å². The number of carboxylic acids is 1. The maximum Gasteiger partial charge on any atom is 0.354 e. The van der Waals surface area contributed by atoms with Crippen LogP contribution < -0.4 is 0 Å². The molecule has 0 saturated heterocycles. The van der Waals surface area contributed by atoms with Crippen LogP contribution in [0.3, 0.4) is 0 Å². The molecule has 0 amide bonds. The molecule has 0 unspecified atom stereocenters. The average molecular weight is 198 g/mol. The van der Waals surface area contributed by atoms with Crippen molar-refractivity contribution in [3.8, 4) is 0 Å². The Morgan fingerprint density at radius 2 is 2.31 bits per heavy atom. The summed E-state index contributed by atoms with van der Waals surface area (Å²) >= 11 is 5.74. The zero-order chi connectivity index (χ0) is 9.42. The number of nitrogens with zero attached hydrogens (tertiary/aromatic N) is 1. The molecule has 0 aliphatic heterocycles. The van der Waals surface area contributed by atoms with Gasteiger partial charge in [0.1, 0.15) is 0 Å². The molecule has 0 aromatic carbocycles. The maximum atomic E-state index is 10.8. The second-order valence-electron chi connectivity index (χ2n) is 3.17. The van der Waals surface area contributed by atoms with Gasteiger partial charge in [0.2, 0.25) is 0 Å². The van der Waals surface area contributed by atoms with Gasteiger partial charge in [-0.25, -0.2) is 9.78 Å². The molecule has 1 N–H and O–H groups in total. The molecule has 0 radical (unpaired) electrons. The van der Waals surface area contributed by atoms with Gasteiger partial charge in [-0.1, -0.05) is 11.6 Å². The number of rotatable bonds is 2. The standard InChI is InChI=1S/C9H8ClNO2/c10-6-3-7(5-1-2-5)8(9(12)13)11-4-6/h3-5H,1-2H2,(H,12,13). The number of aromatic carboxylic acids is 1. The van der Waals surface area contributed by atoms with Crippen molar-refractivity contribution >= 4 is 17.6 Å². The van der Waals surface area contributed by atoms with Crippen LogP contribution in [0, 0.1) is 0 Å². The molecule has 0 bridgehead atoms. The van der Waals surface area contributed by atoms with E-state index in [1.165, 1.54) is 6.20 Å². The van der Waals surface area contributed by atoms with Gasteiger partial charge in [0.25, 0.3) is 0 Å². The van der Waals surface area contributed by atoms with Crippen LogP contribution in [-0.2, 0) is 0 Å². The second kappa shape index (κ2) is 3.00. The molecule has 2 rings (SSSR count). The highest BCUT2D eigenvalue weighted by Crippen LogP contribution is 2.41. The molecule has 0 atom stereocenters. The van der Waals surface area contributed by atoms with E-state index < -0.39 is 5.97 Å². The van der Waals surface area contributed by atoms with Gasteiger partial charge in [-0.2, -0.15) is 0 Å². The summed E-state index contributed by atoms with van der Waals surface area (Å²) in [6.07, 6.45) is 3.46. The first kappa shape index (κ1) is 8.51. The Labute approximate surface area is 80.4 Å². The summed E-state index contributed by atoms with van der Waals surface area (Å²) in [7, 11) is 0. The van der Waals surface area contributed by atoms with E-state index >= 15 is 0 Å². The van der Waals surface area contributed by atoms with Crippen molar-refractivity contribution in [3.05, 3.63) is 28.5 Å². The molecule has 68 valence electrons. The van der Waals surface area contributed by atoms with Gasteiger partial charge in [0.15, 0.2) is 5.69 Å². The van der Waals surface area contributed by atoms with Crippen molar-refractivity contribution in [1.82, 2.24) is 4.98 Å².